The summed E-state index contributed by atoms with van der Waals surface area (Å²) in [4.78, 5) is 13.5. The second-order valence-corrected chi connectivity index (χ2v) is 31.2. The summed E-state index contributed by atoms with van der Waals surface area (Å²) in [6.07, 6.45) is 24.3. The summed E-state index contributed by atoms with van der Waals surface area (Å²) in [5.41, 5.74) is 17.2. The number of nitrogens with two attached hydrogens (primary N) is 1. The number of benzene rings is 4. The zero-order valence-electron chi connectivity index (χ0n) is 52.6. The van der Waals surface area contributed by atoms with Gasteiger partial charge >= 0.3 is 5.97 Å². The average Bonchev–Trinajstić information content (AvgIpc) is 1.40. The average molecular weight is 1280 g/mol. The number of aliphatic hydroxyl groups is 2. The molecule has 0 aromatic heterocycles. The van der Waals surface area contributed by atoms with Gasteiger partial charge in [-0.15, -0.1) is 0 Å². The molecule has 0 radical (unpaired) electrons. The van der Waals surface area contributed by atoms with Crippen molar-refractivity contribution in [1.29, 1.82) is 0 Å². The van der Waals surface area contributed by atoms with Gasteiger partial charge in [0.15, 0.2) is 18.3 Å². The summed E-state index contributed by atoms with van der Waals surface area (Å²) in [6.45, 7) is 1.61. The monoisotopic (exact) mass is 1280 g/mol. The van der Waals surface area contributed by atoms with E-state index in [0.29, 0.717) is 84.1 Å². The van der Waals surface area contributed by atoms with E-state index in [2.05, 4.69) is 112 Å². The first-order valence-corrected chi connectivity index (χ1v) is 36.3. The third kappa shape index (κ3) is 10.0. The number of esters is 1. The molecule has 12 aliphatic rings. The van der Waals surface area contributed by atoms with Crippen LogP contribution in [0, 0.1) is 64.6 Å². The number of carbonyl (C=O) groups is 1. The van der Waals surface area contributed by atoms with Crippen molar-refractivity contribution in [1.82, 2.24) is 16.0 Å². The van der Waals surface area contributed by atoms with Crippen LogP contribution in [0.3, 0.4) is 0 Å². The standard InChI is InChI=1S/C76H84N4O10S2/c1-42(83)87-37-59-53-15-16-55-65-47(30-52(84)31-62(65)88-41-82)32-75-26-25-74(40-75)24-22-49-9-3-4-23-76(49)50-10-5-7-43(28-50)27-46-13-12-45(14-19-60-54(73(74)76)18-21-64(77)80-60)66-57(34-78-33-48(35-81)58(46)36-86-2)69(85)72-56(67(66)70(59)90-71(53)68(55)75)17-20-61-63(89-72)39-92-91-38-44-8-6-11-51(29-44)79-61/h5,7,10,15-18,20-22,24,28,30-31,44-46,48-49,51,58-59,61,63-64,70,73,78-82,84-85H,3-4,6,8-9,11,23,25-27,29,32-41,77H2,1-2H3. The number of fused-ring (bicyclic) bond motifs is 12. The minimum Gasteiger partial charge on any atom is -0.508 e. The minimum absolute atomic E-state index is 0.00891. The highest BCUT2D eigenvalue weighted by atomic mass is 33.1. The number of allylic oxidation sites excluding steroid dienone is 5. The molecule has 480 valence electrons. The number of carbonyl (C=O) groups excluding carboxylic acids is 1. The van der Waals surface area contributed by atoms with Crippen molar-refractivity contribution in [3.05, 3.63) is 140 Å². The van der Waals surface area contributed by atoms with Gasteiger partial charge in [-0.25, -0.2) is 0 Å². The normalized spacial score (nSPS) is 34.8. The van der Waals surface area contributed by atoms with Crippen LogP contribution in [0.25, 0.3) is 17.2 Å². The van der Waals surface area contributed by atoms with Crippen molar-refractivity contribution in [2.75, 3.05) is 51.8 Å². The van der Waals surface area contributed by atoms with E-state index in [1.54, 1.807) is 13.2 Å². The first-order valence-electron chi connectivity index (χ1n) is 33.8. The Kier molecular flexibility index (Phi) is 15.9. The van der Waals surface area contributed by atoms with Crippen molar-refractivity contribution >= 4 is 33.6 Å². The van der Waals surface area contributed by atoms with Gasteiger partial charge in [-0.1, -0.05) is 125 Å². The molecule has 16 atom stereocenters. The second kappa shape index (κ2) is 24.2. The number of ether oxygens (including phenoxy) is 5. The van der Waals surface area contributed by atoms with Crippen molar-refractivity contribution in [3.8, 4) is 63.6 Å². The molecule has 14 nitrogen and oxygen atoms in total. The van der Waals surface area contributed by atoms with Crippen molar-refractivity contribution in [2.24, 2.45) is 46.7 Å². The lowest BCUT2D eigenvalue weighted by Crippen LogP contribution is -2.55. The Morgan fingerprint density at radius 2 is 1.82 bits per heavy atom. The van der Waals surface area contributed by atoms with Crippen LogP contribution >= 0.6 is 21.6 Å². The lowest BCUT2D eigenvalue weighted by molar-refractivity contribution is -0.141. The molecule has 92 heavy (non-hydrogen) atoms. The van der Waals surface area contributed by atoms with Crippen LogP contribution in [0.15, 0.2) is 90.2 Å². The Morgan fingerprint density at radius 3 is 2.68 bits per heavy atom. The third-order valence-corrected chi connectivity index (χ3v) is 26.1. The van der Waals surface area contributed by atoms with E-state index in [0.717, 1.165) is 108 Å². The maximum Gasteiger partial charge on any atom is 0.302 e. The topological polar surface area (TPSA) is 206 Å². The van der Waals surface area contributed by atoms with Gasteiger partial charge in [0.1, 0.15) is 42.0 Å². The number of hydrogen-bond donors (Lipinski definition) is 8. The molecule has 3 spiro atoms. The first-order chi connectivity index (χ1) is 44.9. The largest absolute Gasteiger partial charge is 0.508 e. The number of phenols is 2. The van der Waals surface area contributed by atoms with Gasteiger partial charge in [0.05, 0.1) is 30.4 Å². The summed E-state index contributed by atoms with van der Waals surface area (Å²) in [6, 6.07) is 17.3. The zero-order valence-corrected chi connectivity index (χ0v) is 54.2. The summed E-state index contributed by atoms with van der Waals surface area (Å²) < 4.78 is 34.3. The highest BCUT2D eigenvalue weighted by Gasteiger charge is 2.64. The maximum atomic E-state index is 13.7. The van der Waals surface area contributed by atoms with Gasteiger partial charge in [-0.2, -0.15) is 0 Å². The fraction of sp³-hybridized carbons (Fsp3) is 0.513. The summed E-state index contributed by atoms with van der Waals surface area (Å²) in [5.74, 6) is 16.9. The smallest absolute Gasteiger partial charge is 0.302 e. The number of aliphatic hydroxyl groups excluding tert-OH is 2. The molecule has 0 amide bonds. The van der Waals surface area contributed by atoms with Gasteiger partial charge in [0.25, 0.3) is 0 Å². The van der Waals surface area contributed by atoms with E-state index in [1.165, 1.54) is 24.5 Å². The van der Waals surface area contributed by atoms with Crippen LogP contribution in [0.5, 0.6) is 28.7 Å². The van der Waals surface area contributed by atoms with E-state index in [-0.39, 0.29) is 73.0 Å². The molecule has 4 aromatic carbocycles. The maximum absolute atomic E-state index is 13.7. The number of rotatable bonds is 7. The Balaban J connectivity index is 1.05. The number of phenolic OH excluding ortho intramolecular Hbond substituents is 2. The molecule has 4 aromatic rings. The number of hydrogen-bond acceptors (Lipinski definition) is 16. The Morgan fingerprint density at radius 1 is 0.913 bits per heavy atom. The molecule has 1 saturated heterocycles. The van der Waals surface area contributed by atoms with Gasteiger partial charge in [-0.3, -0.25) is 4.79 Å². The van der Waals surface area contributed by atoms with E-state index in [4.69, 9.17) is 29.4 Å². The summed E-state index contributed by atoms with van der Waals surface area (Å²) in [5, 5.41) is 59.4. The van der Waals surface area contributed by atoms with Crippen LogP contribution in [0.4, 0.5) is 0 Å². The lowest BCUT2D eigenvalue weighted by atomic mass is 9.44. The van der Waals surface area contributed by atoms with E-state index < -0.39 is 53.1 Å². The quantitative estimate of drug-likeness (QED) is 0.0285. The van der Waals surface area contributed by atoms with Crippen molar-refractivity contribution in [2.45, 2.75) is 150 Å². The van der Waals surface area contributed by atoms with Crippen molar-refractivity contribution in [3.63, 3.8) is 0 Å². The van der Waals surface area contributed by atoms with Gasteiger partial charge < -0.3 is 65.8 Å². The highest BCUT2D eigenvalue weighted by Crippen LogP contribution is 2.72. The molecule has 16 rings (SSSR count). The van der Waals surface area contributed by atoms with Crippen LogP contribution in [0.1, 0.15) is 146 Å². The SMILES string of the molecule is COCC1C2C#CC3C#CC4=C(C=CC(N)N4)C4C5(C=CC6CCCCC64c4cccc(c4)C2)CCC2(Cc4cc(O)cc(OCO)c4-c4ccc6c(c42)OC(c2c4c(c(O)c(c23)CNCC1CO)OC1CSSCC2CCCC(C2)NC1C=C4)C6COC(C)=O)C5. The first kappa shape index (κ1) is 60.6. The Hall–Kier alpha value is -6.31. The number of aromatic hydroxyl groups is 2. The Labute approximate surface area is 547 Å². The van der Waals surface area contributed by atoms with Crippen LogP contribution < -0.4 is 35.9 Å². The van der Waals surface area contributed by atoms with Gasteiger partial charge in [-0.05, 0) is 133 Å². The van der Waals surface area contributed by atoms with E-state index >= 15 is 0 Å². The number of dihydropyridines is 1. The van der Waals surface area contributed by atoms with E-state index in [9.17, 15) is 25.2 Å². The van der Waals surface area contributed by atoms with Gasteiger partial charge in [0, 0.05) is 125 Å². The van der Waals surface area contributed by atoms with Crippen LogP contribution in [-0.4, -0.2) is 103 Å². The molecule has 3 saturated carbocycles. The zero-order chi connectivity index (χ0) is 62.6. The molecule has 9 N–H and O–H groups in total. The molecular formula is C76H84N4O10S2. The molecule has 6 aliphatic heterocycles. The highest BCUT2D eigenvalue weighted by molar-refractivity contribution is 8.76. The number of methoxy groups -OCH3 is 1. The Bertz CT molecular complexity index is 3920. The third-order valence-electron chi connectivity index (χ3n) is 23.6. The van der Waals surface area contributed by atoms with Crippen LogP contribution in [0.2, 0.25) is 0 Å². The molecule has 11 bridgehead atoms. The lowest BCUT2D eigenvalue weighted by Gasteiger charge is -2.59. The molecule has 6 aliphatic carbocycles. The molecule has 16 unspecified atom stereocenters. The molecule has 16 heteroatoms. The molecule has 6 heterocycles. The second-order valence-electron chi connectivity index (χ2n) is 28.6. The number of nitrogens with one attached hydrogen (secondary N) is 3. The van der Waals surface area contributed by atoms with Gasteiger partial charge in [0.2, 0.25) is 0 Å². The summed E-state index contributed by atoms with van der Waals surface area (Å²) >= 11 is 0. The molecule has 4 fully saturated rings. The fourth-order valence-electron chi connectivity index (χ4n) is 19.8. The summed E-state index contributed by atoms with van der Waals surface area (Å²) in [7, 11) is 5.48. The van der Waals surface area contributed by atoms with Crippen LogP contribution in [-0.2, 0) is 44.5 Å². The minimum atomic E-state index is -0.888. The predicted octanol–water partition coefficient (Wildman–Crippen LogP) is 10.8. The van der Waals surface area contributed by atoms with E-state index in [1.807, 2.05) is 27.7 Å². The molecular weight excluding hydrogens is 1190 g/mol. The van der Waals surface area contributed by atoms with Crippen molar-refractivity contribution < 1.29 is 48.9 Å². The fourth-order valence-corrected chi connectivity index (χ4v) is 22.5. The predicted molar refractivity (Wildman–Crippen MR) is 358 cm³/mol.